The predicted molar refractivity (Wildman–Crippen MR) is 145 cm³/mol. The van der Waals surface area contributed by atoms with Crippen LogP contribution in [0.4, 0.5) is 19.0 Å². The Morgan fingerprint density at radius 3 is 2.48 bits per heavy atom. The van der Waals surface area contributed by atoms with Crippen LogP contribution in [0.2, 0.25) is 10.0 Å². The summed E-state index contributed by atoms with van der Waals surface area (Å²) >= 11 is 12.8. The molecule has 0 saturated carbocycles. The molecule has 1 heterocycles. The highest BCUT2D eigenvalue weighted by molar-refractivity contribution is 7.89. The van der Waals surface area contributed by atoms with E-state index in [0.29, 0.717) is 16.7 Å². The molecule has 3 aromatic carbocycles. The number of Topliss-reactive ketones (excluding diaryl/α,β-unsaturated/α-hetero) is 1. The maximum absolute atomic E-state index is 14.5. The van der Waals surface area contributed by atoms with Crippen molar-refractivity contribution >= 4 is 50.7 Å². The molecule has 0 fully saturated rings. The maximum atomic E-state index is 14.5. The molecule has 5 rings (SSSR count). The van der Waals surface area contributed by atoms with Crippen molar-refractivity contribution in [2.45, 2.75) is 12.2 Å². The lowest BCUT2D eigenvalue weighted by atomic mass is 10.0. The molecule has 0 saturated heterocycles. The smallest absolute Gasteiger partial charge is 0.201 e. The van der Waals surface area contributed by atoms with Crippen LogP contribution in [-0.2, 0) is 22.0 Å². The van der Waals surface area contributed by atoms with Gasteiger partial charge in [0.25, 0.3) is 0 Å². The molecule has 13 heteroatoms. The summed E-state index contributed by atoms with van der Waals surface area (Å²) in [6.45, 7) is 0. The fraction of sp³-hybridized carbons (Fsp3) is 0.111. The van der Waals surface area contributed by atoms with Gasteiger partial charge in [0.15, 0.2) is 27.2 Å². The number of nitrogen functional groups attached to an aromatic ring is 1. The van der Waals surface area contributed by atoms with Gasteiger partial charge in [-0.3, -0.25) is 4.79 Å². The van der Waals surface area contributed by atoms with E-state index < -0.39 is 38.8 Å². The Balaban J connectivity index is 1.41. The number of nitrogens with two attached hydrogens (primary N) is 1. The van der Waals surface area contributed by atoms with Gasteiger partial charge in [-0.2, -0.15) is 9.49 Å². The van der Waals surface area contributed by atoms with E-state index in [-0.39, 0.29) is 50.6 Å². The highest BCUT2D eigenvalue weighted by Gasteiger charge is 2.27. The number of carbonyl (C=O) groups excluding carboxylic acids is 1. The van der Waals surface area contributed by atoms with Crippen molar-refractivity contribution in [3.8, 4) is 17.2 Å². The van der Waals surface area contributed by atoms with Gasteiger partial charge in [-0.1, -0.05) is 35.3 Å². The molecule has 2 N–H and O–H groups in total. The van der Waals surface area contributed by atoms with Crippen molar-refractivity contribution in [1.29, 1.82) is 0 Å². The van der Waals surface area contributed by atoms with Crippen LogP contribution >= 0.6 is 23.2 Å². The molecule has 7 nitrogen and oxygen atoms in total. The summed E-state index contributed by atoms with van der Waals surface area (Å²) in [4.78, 5) is 13.3. The van der Waals surface area contributed by atoms with Crippen LogP contribution in [-0.4, -0.2) is 30.2 Å². The van der Waals surface area contributed by atoms with E-state index in [2.05, 4.69) is 5.10 Å². The second kappa shape index (κ2) is 10.3. The Labute approximate surface area is 236 Å². The molecule has 206 valence electrons. The molecule has 0 aliphatic heterocycles. The first-order valence-electron chi connectivity index (χ1n) is 11.5. The third-order valence-corrected chi connectivity index (χ3v) is 7.54. The Morgan fingerprint density at radius 1 is 1.10 bits per heavy atom. The lowest BCUT2D eigenvalue weighted by Gasteiger charge is -2.13. The van der Waals surface area contributed by atoms with Crippen molar-refractivity contribution in [3.63, 3.8) is 0 Å². The largest absolute Gasteiger partial charge is 0.454 e. The van der Waals surface area contributed by atoms with Crippen molar-refractivity contribution in [2.24, 2.45) is 0 Å². The third-order valence-electron chi connectivity index (χ3n) is 6.13. The molecule has 0 amide bonds. The number of aromatic nitrogens is 2. The lowest BCUT2D eigenvalue weighted by molar-refractivity contribution is 0.103. The molecular formula is C27H18Cl2F3N3O4S. The molecule has 0 atom stereocenters. The van der Waals surface area contributed by atoms with E-state index in [4.69, 9.17) is 33.7 Å². The zero-order chi connectivity index (χ0) is 28.9. The van der Waals surface area contributed by atoms with Gasteiger partial charge in [-0.05, 0) is 35.4 Å². The summed E-state index contributed by atoms with van der Waals surface area (Å²) < 4.78 is 71.8. The second-order valence-corrected chi connectivity index (χ2v) is 12.1. The average molecular weight is 608 g/mol. The van der Waals surface area contributed by atoms with Crippen LogP contribution in [0.25, 0.3) is 11.8 Å². The number of benzene rings is 3. The quantitative estimate of drug-likeness (QED) is 0.246. The maximum Gasteiger partial charge on any atom is 0.201 e. The Hall–Kier alpha value is -3.80. The highest BCUT2D eigenvalue weighted by atomic mass is 35.5. The Kier molecular flexibility index (Phi) is 7.15. The number of carbonyl (C=O) groups is 1. The van der Waals surface area contributed by atoms with E-state index in [0.717, 1.165) is 17.0 Å². The van der Waals surface area contributed by atoms with Crippen LogP contribution in [0.3, 0.4) is 0 Å². The molecule has 4 aromatic rings. The zero-order valence-corrected chi connectivity index (χ0v) is 22.8. The van der Waals surface area contributed by atoms with Gasteiger partial charge in [0.05, 0.1) is 27.6 Å². The molecule has 40 heavy (non-hydrogen) atoms. The van der Waals surface area contributed by atoms with Gasteiger partial charge in [-0.25, -0.2) is 21.9 Å². The van der Waals surface area contributed by atoms with Crippen LogP contribution in [0.15, 0.2) is 54.2 Å². The van der Waals surface area contributed by atoms with Gasteiger partial charge in [0.1, 0.15) is 23.1 Å². The number of sulfone groups is 1. The number of nitrogens with zero attached hydrogens (tertiary/aromatic N) is 2. The van der Waals surface area contributed by atoms with Gasteiger partial charge < -0.3 is 10.5 Å². The minimum Gasteiger partial charge on any atom is -0.454 e. The number of allylic oxidation sites excluding steroid dienone is 1. The van der Waals surface area contributed by atoms with E-state index in [1.807, 2.05) is 0 Å². The topological polar surface area (TPSA) is 104 Å². The standard InChI is InChI=1S/C27H18Cl2F3N3O4S/c1-40(37,38)12-16-7-13-5-15(6-14(13)8-22(16)31)26(36)18-11-34-35(27(18)33)25-19(28)9-17(10-20(25)29)39-23-4-2-3-21(30)24(23)32/h2-4,6-11H,5,12,33H2,1H3. The van der Waals surface area contributed by atoms with E-state index in [1.165, 1.54) is 48.7 Å². The summed E-state index contributed by atoms with van der Waals surface area (Å²) in [7, 11) is -3.46. The molecule has 0 radical (unpaired) electrons. The number of hydrogen-bond donors (Lipinski definition) is 1. The number of ketones is 1. The molecule has 1 aliphatic carbocycles. The average Bonchev–Trinajstić information content (AvgIpc) is 3.44. The normalized spacial score (nSPS) is 12.8. The first-order valence-corrected chi connectivity index (χ1v) is 14.3. The predicted octanol–water partition coefficient (Wildman–Crippen LogP) is 6.34. The highest BCUT2D eigenvalue weighted by Crippen LogP contribution is 2.38. The summed E-state index contributed by atoms with van der Waals surface area (Å²) in [5, 5.41) is 4.14. The first-order chi connectivity index (χ1) is 18.8. The van der Waals surface area contributed by atoms with E-state index in [1.54, 1.807) is 0 Å². The second-order valence-electron chi connectivity index (χ2n) is 9.13. The van der Waals surface area contributed by atoms with E-state index >= 15 is 0 Å². The van der Waals surface area contributed by atoms with Gasteiger partial charge in [-0.15, -0.1) is 0 Å². The number of fused-ring (bicyclic) bond motifs is 1. The summed E-state index contributed by atoms with van der Waals surface area (Å²) in [5.41, 5.74) is 7.78. The summed E-state index contributed by atoms with van der Waals surface area (Å²) in [6, 6.07) is 8.68. The number of anilines is 1. The molecular weight excluding hydrogens is 590 g/mol. The number of hydrogen-bond acceptors (Lipinski definition) is 6. The Morgan fingerprint density at radius 2 is 1.80 bits per heavy atom. The molecule has 1 aromatic heterocycles. The van der Waals surface area contributed by atoms with Crippen LogP contribution in [0.1, 0.15) is 27.0 Å². The zero-order valence-electron chi connectivity index (χ0n) is 20.5. The van der Waals surface area contributed by atoms with Crippen molar-refractivity contribution in [3.05, 3.63) is 104 Å². The van der Waals surface area contributed by atoms with Crippen LogP contribution in [0.5, 0.6) is 11.5 Å². The SMILES string of the molecule is CS(=O)(=O)Cc1cc2c(cc1F)C=C(C(=O)c1cnn(-c3c(Cl)cc(Oc4cccc(F)c4F)cc3Cl)c1N)C2. The van der Waals surface area contributed by atoms with Gasteiger partial charge >= 0.3 is 0 Å². The van der Waals surface area contributed by atoms with Crippen LogP contribution < -0.4 is 10.5 Å². The number of rotatable bonds is 7. The monoisotopic (exact) mass is 607 g/mol. The van der Waals surface area contributed by atoms with Gasteiger partial charge in [0.2, 0.25) is 5.82 Å². The molecule has 1 aliphatic rings. The van der Waals surface area contributed by atoms with Crippen molar-refractivity contribution < 1.29 is 31.1 Å². The van der Waals surface area contributed by atoms with Crippen LogP contribution in [0, 0.1) is 17.5 Å². The van der Waals surface area contributed by atoms with Crippen molar-refractivity contribution in [1.82, 2.24) is 9.78 Å². The number of ether oxygens (including phenoxy) is 1. The Bertz CT molecular complexity index is 1830. The third kappa shape index (κ3) is 5.32. The minimum absolute atomic E-state index is 0.00511. The minimum atomic E-state index is -3.46. The fourth-order valence-corrected chi connectivity index (χ4v) is 5.75. The first kappa shape index (κ1) is 27.8. The van der Waals surface area contributed by atoms with Crippen molar-refractivity contribution in [2.75, 3.05) is 12.0 Å². The lowest BCUT2D eigenvalue weighted by Crippen LogP contribution is -2.09. The molecule has 0 bridgehead atoms. The number of halogens is 5. The molecule has 0 unspecified atom stereocenters. The molecule has 0 spiro atoms. The van der Waals surface area contributed by atoms with Gasteiger partial charge in [0, 0.05) is 35.9 Å². The summed E-state index contributed by atoms with van der Waals surface area (Å²) in [6.07, 6.45) is 3.90. The fourth-order valence-electron chi connectivity index (χ4n) is 4.33. The summed E-state index contributed by atoms with van der Waals surface area (Å²) in [5.74, 6) is -4.33. The van der Waals surface area contributed by atoms with E-state index in [9.17, 15) is 26.4 Å².